The summed E-state index contributed by atoms with van der Waals surface area (Å²) in [5.41, 5.74) is 2.50. The Balaban J connectivity index is 0.000000389. The number of Topliss-reactive ketones (excluding diaryl/α,β-unsaturated/α-hetero) is 1. The first-order valence-corrected chi connectivity index (χ1v) is 34.8. The molecule has 0 saturated heterocycles. The number of benzene rings is 5. The number of aryl methyl sites for hydroxylation is 1. The molecule has 94 heavy (non-hydrogen) atoms. The zero-order valence-corrected chi connectivity index (χ0v) is 57.8. The maximum atomic E-state index is 11.7. The number of aliphatic carboxylic acids is 5. The molecule has 1 unspecified atom stereocenters. The minimum absolute atomic E-state index is 0.00498. The van der Waals surface area contributed by atoms with E-state index in [2.05, 4.69) is 93.6 Å². The number of ether oxygens (including phenoxy) is 2. The van der Waals surface area contributed by atoms with Gasteiger partial charge in [-0.15, -0.1) is 23.1 Å². The van der Waals surface area contributed by atoms with Crippen LogP contribution in [-0.4, -0.2) is 91.7 Å². The maximum absolute atomic E-state index is 11.7. The summed E-state index contributed by atoms with van der Waals surface area (Å²) in [6.07, 6.45) is 38.4. The number of aromatic carboxylic acids is 1. The van der Waals surface area contributed by atoms with Gasteiger partial charge in [-0.2, -0.15) is 0 Å². The third-order valence-electron chi connectivity index (χ3n) is 14.2. The van der Waals surface area contributed by atoms with Crippen LogP contribution in [0.1, 0.15) is 187 Å². The molecule has 1 aliphatic heterocycles. The Morgan fingerprint density at radius 1 is 0.543 bits per heavy atom. The van der Waals surface area contributed by atoms with Crippen molar-refractivity contribution in [2.45, 2.75) is 173 Å². The molecule has 6 N–H and O–H groups in total. The highest BCUT2D eigenvalue weighted by atomic mass is 35.5. The maximum Gasteiger partial charge on any atom is 0.336 e. The van der Waals surface area contributed by atoms with Gasteiger partial charge in [0.2, 0.25) is 0 Å². The first-order valence-electron chi connectivity index (χ1n) is 32.0. The summed E-state index contributed by atoms with van der Waals surface area (Å²) in [5.74, 6) is -3.06. The largest absolute Gasteiger partial charge is 0.486 e. The molecule has 510 valence electrons. The van der Waals surface area contributed by atoms with E-state index in [4.69, 9.17) is 63.3 Å². The molecular formula is C75H94Cl2O15S2. The van der Waals surface area contributed by atoms with Crippen LogP contribution in [-0.2, 0) is 36.8 Å². The molecule has 0 radical (unpaired) electrons. The highest BCUT2D eigenvalue weighted by molar-refractivity contribution is 7.98. The smallest absolute Gasteiger partial charge is 0.336 e. The summed E-state index contributed by atoms with van der Waals surface area (Å²) in [6.45, 7) is 7.72. The number of allylic oxidation sites excluding steroid dienone is 8. The van der Waals surface area contributed by atoms with Crippen LogP contribution in [0, 0.1) is 5.92 Å². The zero-order chi connectivity index (χ0) is 69.3. The topological polar surface area (TPSA) is 259 Å². The Bertz CT molecular complexity index is 3370. The second-order valence-electron chi connectivity index (χ2n) is 21.9. The molecule has 0 spiro atoms. The molecule has 0 aliphatic carbocycles. The molecule has 1 aliphatic rings. The predicted molar refractivity (Wildman–Crippen MR) is 382 cm³/mol. The van der Waals surface area contributed by atoms with Crippen LogP contribution in [0.5, 0.6) is 11.5 Å². The molecule has 1 aromatic heterocycles. The van der Waals surface area contributed by atoms with Crippen molar-refractivity contribution in [3.63, 3.8) is 0 Å². The molecule has 1 atom stereocenters. The van der Waals surface area contributed by atoms with Gasteiger partial charge in [0.15, 0.2) is 17.3 Å². The number of hydrogen-bond donors (Lipinski definition) is 6. The number of rotatable bonds is 34. The van der Waals surface area contributed by atoms with Crippen LogP contribution in [0.15, 0.2) is 157 Å². The lowest BCUT2D eigenvalue weighted by Crippen LogP contribution is -2.15. The molecule has 0 amide bonds. The fourth-order valence-electron chi connectivity index (χ4n) is 8.85. The summed E-state index contributed by atoms with van der Waals surface area (Å²) in [4.78, 5) is 74.9. The highest BCUT2D eigenvalue weighted by Gasteiger charge is 2.16. The van der Waals surface area contributed by atoms with Crippen LogP contribution < -0.4 is 9.47 Å². The molecule has 0 bridgehead atoms. The number of hydrogen-bond acceptors (Lipinski definition) is 11. The summed E-state index contributed by atoms with van der Waals surface area (Å²) >= 11 is 14.6. The number of fused-ring (bicyclic) bond motifs is 4. The van der Waals surface area contributed by atoms with Gasteiger partial charge in [-0.25, -0.2) is 4.79 Å². The van der Waals surface area contributed by atoms with E-state index in [0.717, 1.165) is 61.3 Å². The first-order chi connectivity index (χ1) is 45.2. The summed E-state index contributed by atoms with van der Waals surface area (Å²) in [6, 6.07) is 31.2. The van der Waals surface area contributed by atoms with E-state index in [9.17, 15) is 33.6 Å². The van der Waals surface area contributed by atoms with Crippen molar-refractivity contribution < 1.29 is 73.7 Å². The molecule has 6 aromatic rings. The molecule has 2 heterocycles. The number of halogens is 2. The standard InChI is InChI=1S/C20H32O2.C15H12O2S.C12H12O5.C12H24O2.C8H6Cl2O2.C8H8O2S/c1-2-3-4-5-6-7-8-9-10-11-12-13-14-15-16-17-18-19-20(21)22;16-15(17)8-6-10-5-7-14-12(9-10)11-3-1-2-4-13(11)18-14;13-9(2-4-12(14)15)8-1-3-10-11(7-8)17-6-5-16-10;1-3-11(2)9-7-5-4-6-8-10-12(13)14;9-6-2-1-5(3-8(11)12)7(10)4-6;1-11-7-5-3-2-4-6(7)8(9)10/h6-7,9-10,12-13,15-16H,2-5,8,11,14,17-19H2,1H3,(H,21,22);1-5,7,9H,6,8H2,(H,16,17);1,3,7H,2,4-6H2,(H,14,15);11H,3-10H2,1-2H3,(H,13,14);1-2,4H,3H2,(H,11,12);2-5H,1H3,(H,9,10)/b7-6-,10-9-,13-12-,16-15-;;;;;. The van der Waals surface area contributed by atoms with Gasteiger partial charge in [0.05, 0.1) is 18.4 Å². The number of unbranched alkanes of at least 4 members (excludes halogenated alkanes) is 8. The minimum atomic E-state index is -0.976. The number of carboxylic acid groups (broad SMARTS) is 6. The Labute approximate surface area is 572 Å². The Kier molecular flexibility index (Phi) is 44.5. The van der Waals surface area contributed by atoms with Gasteiger partial charge in [0, 0.05) is 66.4 Å². The Morgan fingerprint density at radius 2 is 1.12 bits per heavy atom. The van der Waals surface area contributed by atoms with E-state index in [1.807, 2.05) is 30.5 Å². The number of carboxylic acids is 6. The van der Waals surface area contributed by atoms with Crippen molar-refractivity contribution in [1.29, 1.82) is 0 Å². The van der Waals surface area contributed by atoms with Gasteiger partial charge in [-0.3, -0.25) is 28.8 Å². The number of ketones is 1. The minimum Gasteiger partial charge on any atom is -0.486 e. The molecule has 7 rings (SSSR count). The van der Waals surface area contributed by atoms with Gasteiger partial charge >= 0.3 is 35.8 Å². The van der Waals surface area contributed by atoms with E-state index in [-0.39, 0.29) is 37.9 Å². The SMILES string of the molecule is CCC(C)CCCCCCCC(=O)O.CCCCC/C=C\C/C=C\C/C=C\C/C=C\CCCC(=O)O.CSc1ccccc1C(=O)O.O=C(O)CCC(=O)c1ccc2c(c1)OCCO2.O=C(O)CCc1ccc2sc3ccccc3c2c1.O=C(O)Cc1ccc(Cl)cc1Cl. The van der Waals surface area contributed by atoms with E-state index >= 15 is 0 Å². The molecule has 19 heteroatoms. The fourth-order valence-corrected chi connectivity index (χ4v) is 11.0. The second-order valence-corrected chi connectivity index (χ2v) is 24.7. The average molecular weight is 1370 g/mol. The predicted octanol–water partition coefficient (Wildman–Crippen LogP) is 20.4. The van der Waals surface area contributed by atoms with E-state index in [0.29, 0.717) is 64.3 Å². The molecular weight excluding hydrogens is 1280 g/mol. The van der Waals surface area contributed by atoms with Crippen molar-refractivity contribution in [2.24, 2.45) is 5.92 Å². The molecule has 15 nitrogen and oxygen atoms in total. The van der Waals surface area contributed by atoms with E-state index < -0.39 is 35.8 Å². The summed E-state index contributed by atoms with van der Waals surface area (Å²) < 4.78 is 13.2. The third-order valence-corrected chi connectivity index (χ3v) is 16.7. The lowest BCUT2D eigenvalue weighted by molar-refractivity contribution is -0.138. The quantitative estimate of drug-likeness (QED) is 0.00950. The monoisotopic (exact) mass is 1370 g/mol. The van der Waals surface area contributed by atoms with Gasteiger partial charge in [-0.05, 0) is 142 Å². The number of carbonyl (C=O) groups excluding carboxylic acids is 1. The van der Waals surface area contributed by atoms with Crippen LogP contribution in [0.4, 0.5) is 0 Å². The molecule has 0 fully saturated rings. The molecule has 5 aromatic carbocycles. The number of thiophene rings is 1. The Morgan fingerprint density at radius 3 is 1.71 bits per heavy atom. The average Bonchev–Trinajstić information content (AvgIpc) is 1.64. The van der Waals surface area contributed by atoms with Gasteiger partial charge in [0.1, 0.15) is 13.2 Å². The van der Waals surface area contributed by atoms with E-state index in [1.54, 1.807) is 59.9 Å². The molecule has 0 saturated carbocycles. The lowest BCUT2D eigenvalue weighted by atomic mass is 10.00. The second kappa shape index (κ2) is 50.7. The summed E-state index contributed by atoms with van der Waals surface area (Å²) in [5, 5.41) is 54.7. The van der Waals surface area contributed by atoms with Crippen LogP contribution in [0.3, 0.4) is 0 Å². The fraction of sp³-hybridized carbons (Fsp3) is 0.400. The first kappa shape index (κ1) is 82.4. The number of carbonyl (C=O) groups is 7. The van der Waals surface area contributed by atoms with Crippen molar-refractivity contribution in [3.8, 4) is 11.5 Å². The zero-order valence-electron chi connectivity index (χ0n) is 54.6. The van der Waals surface area contributed by atoms with Crippen LogP contribution in [0.2, 0.25) is 10.0 Å². The Hall–Kier alpha value is -7.70. The van der Waals surface area contributed by atoms with Gasteiger partial charge < -0.3 is 40.1 Å². The van der Waals surface area contributed by atoms with E-state index in [1.165, 1.54) is 95.8 Å². The normalized spacial score (nSPS) is 11.7. The van der Waals surface area contributed by atoms with Crippen molar-refractivity contribution in [3.05, 3.63) is 184 Å². The highest BCUT2D eigenvalue weighted by Crippen LogP contribution is 2.35. The van der Waals surface area contributed by atoms with Crippen molar-refractivity contribution in [2.75, 3.05) is 19.5 Å². The van der Waals surface area contributed by atoms with Crippen LogP contribution in [0.25, 0.3) is 20.2 Å². The summed E-state index contributed by atoms with van der Waals surface area (Å²) in [7, 11) is 0. The van der Waals surface area contributed by atoms with Gasteiger partial charge in [0.25, 0.3) is 0 Å². The lowest BCUT2D eigenvalue weighted by Gasteiger charge is -2.18. The van der Waals surface area contributed by atoms with Crippen molar-refractivity contribution >= 4 is 108 Å². The number of thioether (sulfide) groups is 1. The van der Waals surface area contributed by atoms with Gasteiger partial charge in [-0.1, -0.05) is 186 Å². The van der Waals surface area contributed by atoms with Crippen molar-refractivity contribution in [1.82, 2.24) is 0 Å². The third kappa shape index (κ3) is 38.5. The van der Waals surface area contributed by atoms with Crippen LogP contribution >= 0.6 is 46.3 Å².